The Labute approximate surface area is 62.8 Å². The second-order valence-electron chi connectivity index (χ2n) is 4.13. The molecule has 1 unspecified atom stereocenters. The molecule has 0 N–H and O–H groups in total. The predicted molar refractivity (Wildman–Crippen MR) is 41.8 cm³/mol. The van der Waals surface area contributed by atoms with E-state index in [2.05, 4.69) is 13.8 Å². The summed E-state index contributed by atoms with van der Waals surface area (Å²) < 4.78 is 0. The fourth-order valence-corrected chi connectivity index (χ4v) is 1.45. The van der Waals surface area contributed by atoms with Crippen molar-refractivity contribution in [3.63, 3.8) is 0 Å². The first-order chi connectivity index (χ1) is 4.52. The second-order valence-corrected chi connectivity index (χ2v) is 4.13. The molecule has 0 spiro atoms. The number of Topliss-reactive ketones (excluding diaryl/α,β-unsaturated/α-hetero) is 1. The standard InChI is InChI=1S/C9H16O/c1-7(10)4-5-8-6-9(8,2)3/h8H,4-6H2,1-3H3. The lowest BCUT2D eigenvalue weighted by molar-refractivity contribution is -0.117. The number of carbonyl (C=O) groups excluding carboxylic acids is 1. The Morgan fingerprint density at radius 2 is 2.10 bits per heavy atom. The molecule has 1 saturated carbocycles. The molecule has 1 heteroatoms. The van der Waals surface area contributed by atoms with Crippen LogP contribution in [0.3, 0.4) is 0 Å². The Morgan fingerprint density at radius 1 is 1.60 bits per heavy atom. The molecule has 1 fully saturated rings. The lowest BCUT2D eigenvalue weighted by atomic mass is 10.1. The SMILES string of the molecule is CC(=O)CCC1CC1(C)C. The lowest BCUT2D eigenvalue weighted by Crippen LogP contribution is -1.94. The van der Waals surface area contributed by atoms with Crippen LogP contribution >= 0.6 is 0 Å². The Hall–Kier alpha value is -0.330. The Bertz CT molecular complexity index is 147. The lowest BCUT2D eigenvalue weighted by Gasteiger charge is -1.99. The molecule has 0 aromatic heterocycles. The first-order valence-corrected chi connectivity index (χ1v) is 4.02. The maximum Gasteiger partial charge on any atom is 0.129 e. The van der Waals surface area contributed by atoms with Crippen LogP contribution in [-0.4, -0.2) is 5.78 Å². The smallest absolute Gasteiger partial charge is 0.129 e. The molecular weight excluding hydrogens is 124 g/mol. The zero-order valence-corrected chi connectivity index (χ0v) is 7.11. The third-order valence-electron chi connectivity index (χ3n) is 2.56. The van der Waals surface area contributed by atoms with Crippen LogP contribution in [0.5, 0.6) is 0 Å². The number of hydrogen-bond donors (Lipinski definition) is 0. The molecule has 0 amide bonds. The van der Waals surface area contributed by atoms with Crippen LogP contribution in [0, 0.1) is 11.3 Å². The molecule has 0 radical (unpaired) electrons. The van der Waals surface area contributed by atoms with Crippen LogP contribution in [0.25, 0.3) is 0 Å². The van der Waals surface area contributed by atoms with E-state index in [1.165, 1.54) is 6.42 Å². The summed E-state index contributed by atoms with van der Waals surface area (Å²) in [4.78, 5) is 10.6. The van der Waals surface area contributed by atoms with Gasteiger partial charge in [0.05, 0.1) is 0 Å². The first kappa shape index (κ1) is 7.77. The normalized spacial score (nSPS) is 28.1. The van der Waals surface area contributed by atoms with Gasteiger partial charge in [0.1, 0.15) is 5.78 Å². The van der Waals surface area contributed by atoms with Gasteiger partial charge in [-0.1, -0.05) is 13.8 Å². The van der Waals surface area contributed by atoms with Crippen molar-refractivity contribution in [2.24, 2.45) is 11.3 Å². The molecule has 0 aliphatic heterocycles. The highest BCUT2D eigenvalue weighted by Gasteiger charge is 2.44. The summed E-state index contributed by atoms with van der Waals surface area (Å²) in [6, 6.07) is 0. The Balaban J connectivity index is 2.13. The molecule has 0 bridgehead atoms. The van der Waals surface area contributed by atoms with Crippen LogP contribution in [0.2, 0.25) is 0 Å². The summed E-state index contributed by atoms with van der Waals surface area (Å²) in [6.07, 6.45) is 3.22. The van der Waals surface area contributed by atoms with Crippen molar-refractivity contribution < 1.29 is 4.79 Å². The molecule has 0 saturated heterocycles. The van der Waals surface area contributed by atoms with Gasteiger partial charge in [-0.3, -0.25) is 0 Å². The van der Waals surface area contributed by atoms with Gasteiger partial charge in [0, 0.05) is 6.42 Å². The quantitative estimate of drug-likeness (QED) is 0.588. The third-order valence-corrected chi connectivity index (χ3v) is 2.56. The van der Waals surface area contributed by atoms with Crippen molar-refractivity contribution in [1.29, 1.82) is 0 Å². The van der Waals surface area contributed by atoms with E-state index < -0.39 is 0 Å². The molecule has 10 heavy (non-hydrogen) atoms. The summed E-state index contributed by atoms with van der Waals surface area (Å²) in [5, 5.41) is 0. The highest BCUT2D eigenvalue weighted by atomic mass is 16.1. The van der Waals surface area contributed by atoms with Crippen molar-refractivity contribution in [2.75, 3.05) is 0 Å². The zero-order chi connectivity index (χ0) is 7.78. The van der Waals surface area contributed by atoms with Crippen LogP contribution in [0.15, 0.2) is 0 Å². The molecule has 1 nitrogen and oxygen atoms in total. The van der Waals surface area contributed by atoms with Gasteiger partial charge >= 0.3 is 0 Å². The summed E-state index contributed by atoms with van der Waals surface area (Å²) >= 11 is 0. The maximum atomic E-state index is 10.6. The van der Waals surface area contributed by atoms with Gasteiger partial charge in [-0.15, -0.1) is 0 Å². The fraction of sp³-hybridized carbons (Fsp3) is 0.889. The molecule has 58 valence electrons. The van der Waals surface area contributed by atoms with Crippen molar-refractivity contribution in [3.05, 3.63) is 0 Å². The first-order valence-electron chi connectivity index (χ1n) is 4.02. The third kappa shape index (κ3) is 1.83. The van der Waals surface area contributed by atoms with Crippen LogP contribution in [0.1, 0.15) is 40.0 Å². The van der Waals surface area contributed by atoms with Gasteiger partial charge in [0.2, 0.25) is 0 Å². The van der Waals surface area contributed by atoms with E-state index in [1.807, 2.05) is 0 Å². The molecule has 1 aliphatic carbocycles. The number of hydrogen-bond acceptors (Lipinski definition) is 1. The van der Waals surface area contributed by atoms with Gasteiger partial charge in [-0.05, 0) is 31.1 Å². The molecule has 0 heterocycles. The highest BCUT2D eigenvalue weighted by Crippen LogP contribution is 2.53. The Morgan fingerprint density at radius 3 is 2.40 bits per heavy atom. The molecule has 1 atom stereocenters. The van der Waals surface area contributed by atoms with Crippen molar-refractivity contribution in [1.82, 2.24) is 0 Å². The summed E-state index contributed by atoms with van der Waals surface area (Å²) in [5.74, 6) is 1.17. The zero-order valence-electron chi connectivity index (χ0n) is 7.11. The van der Waals surface area contributed by atoms with Crippen molar-refractivity contribution in [3.8, 4) is 0 Å². The number of ketones is 1. The number of rotatable bonds is 3. The van der Waals surface area contributed by atoms with E-state index in [0.717, 1.165) is 18.8 Å². The predicted octanol–water partition coefficient (Wildman–Crippen LogP) is 2.40. The van der Waals surface area contributed by atoms with E-state index >= 15 is 0 Å². The maximum absolute atomic E-state index is 10.6. The van der Waals surface area contributed by atoms with Gasteiger partial charge in [0.25, 0.3) is 0 Å². The van der Waals surface area contributed by atoms with E-state index in [9.17, 15) is 4.79 Å². The molecule has 1 rings (SSSR count). The largest absolute Gasteiger partial charge is 0.300 e. The van der Waals surface area contributed by atoms with E-state index in [4.69, 9.17) is 0 Å². The summed E-state index contributed by atoms with van der Waals surface area (Å²) in [5.41, 5.74) is 0.551. The highest BCUT2D eigenvalue weighted by molar-refractivity contribution is 5.75. The molecule has 1 aliphatic rings. The topological polar surface area (TPSA) is 17.1 Å². The van der Waals surface area contributed by atoms with Crippen molar-refractivity contribution in [2.45, 2.75) is 40.0 Å². The average molecular weight is 140 g/mol. The monoisotopic (exact) mass is 140 g/mol. The van der Waals surface area contributed by atoms with E-state index in [0.29, 0.717) is 11.2 Å². The molecular formula is C9H16O. The van der Waals surface area contributed by atoms with Crippen LogP contribution < -0.4 is 0 Å². The number of carbonyl (C=O) groups is 1. The minimum atomic E-state index is 0.336. The Kier molecular flexibility index (Phi) is 1.84. The van der Waals surface area contributed by atoms with Crippen LogP contribution in [-0.2, 0) is 4.79 Å². The van der Waals surface area contributed by atoms with Gasteiger partial charge in [-0.25, -0.2) is 0 Å². The molecule has 0 aromatic rings. The summed E-state index contributed by atoms with van der Waals surface area (Å²) in [6.45, 7) is 6.23. The van der Waals surface area contributed by atoms with Gasteiger partial charge in [0.15, 0.2) is 0 Å². The fourth-order valence-electron chi connectivity index (χ4n) is 1.45. The van der Waals surface area contributed by atoms with E-state index in [-0.39, 0.29) is 0 Å². The summed E-state index contributed by atoms with van der Waals surface area (Å²) in [7, 11) is 0. The minimum Gasteiger partial charge on any atom is -0.300 e. The average Bonchev–Trinajstić information content (AvgIpc) is 2.35. The van der Waals surface area contributed by atoms with Gasteiger partial charge in [-0.2, -0.15) is 0 Å². The van der Waals surface area contributed by atoms with Crippen LogP contribution in [0.4, 0.5) is 0 Å². The van der Waals surface area contributed by atoms with Crippen molar-refractivity contribution >= 4 is 5.78 Å². The second kappa shape index (κ2) is 2.37. The molecule has 0 aromatic carbocycles. The minimum absolute atomic E-state index is 0.336. The van der Waals surface area contributed by atoms with Gasteiger partial charge < -0.3 is 4.79 Å². The van der Waals surface area contributed by atoms with E-state index in [1.54, 1.807) is 6.92 Å².